The first-order valence-electron chi connectivity index (χ1n) is 5.31. The number of sulfonamides is 1. The maximum Gasteiger partial charge on any atom is 0.261 e. The highest BCUT2D eigenvalue weighted by molar-refractivity contribution is 9.10. The van der Waals surface area contributed by atoms with E-state index in [1.807, 2.05) is 0 Å². The summed E-state index contributed by atoms with van der Waals surface area (Å²) in [5.41, 5.74) is 0.776. The summed E-state index contributed by atoms with van der Waals surface area (Å²) in [4.78, 5) is 3.99. The van der Waals surface area contributed by atoms with E-state index in [9.17, 15) is 12.8 Å². The first-order valence-corrected chi connectivity index (χ1v) is 7.59. The maximum absolute atomic E-state index is 12.4. The van der Waals surface area contributed by atoms with E-state index >= 15 is 0 Å². The Hall–Kier alpha value is -1.47. The zero-order valence-electron chi connectivity index (χ0n) is 9.68. The normalized spacial score (nSPS) is 11.3. The van der Waals surface area contributed by atoms with Gasteiger partial charge in [-0.3, -0.25) is 4.72 Å². The van der Waals surface area contributed by atoms with Crippen LogP contribution in [0.5, 0.6) is 0 Å². The topological polar surface area (TPSA) is 59.1 Å². The maximum atomic E-state index is 12.4. The Labute approximate surface area is 118 Å². The minimum Gasteiger partial charge on any atom is -0.277 e. The molecule has 0 unspecified atom stereocenters. The fraction of sp³-hybridized carbons (Fsp3) is 0.0833. The Morgan fingerprint density at radius 1 is 1.21 bits per heavy atom. The van der Waals surface area contributed by atoms with Gasteiger partial charge in [-0.05, 0) is 45.8 Å². The number of hydrogen-bond acceptors (Lipinski definition) is 3. The van der Waals surface area contributed by atoms with Crippen molar-refractivity contribution in [1.29, 1.82) is 0 Å². The SMILES string of the molecule is O=S(=O)(Nc1cccnc1Br)c1ccc(CF)cc1. The van der Waals surface area contributed by atoms with Gasteiger partial charge in [-0.25, -0.2) is 17.8 Å². The van der Waals surface area contributed by atoms with Gasteiger partial charge < -0.3 is 0 Å². The van der Waals surface area contributed by atoms with Crippen molar-refractivity contribution in [3.63, 3.8) is 0 Å². The number of benzene rings is 1. The monoisotopic (exact) mass is 344 g/mol. The van der Waals surface area contributed by atoms with E-state index in [2.05, 4.69) is 25.6 Å². The second-order valence-electron chi connectivity index (χ2n) is 3.72. The van der Waals surface area contributed by atoms with E-state index in [4.69, 9.17) is 0 Å². The van der Waals surface area contributed by atoms with Crippen LogP contribution in [0.2, 0.25) is 0 Å². The van der Waals surface area contributed by atoms with Crippen molar-refractivity contribution >= 4 is 31.6 Å². The van der Waals surface area contributed by atoms with Crippen LogP contribution in [0.15, 0.2) is 52.1 Å². The quantitative estimate of drug-likeness (QED) is 0.867. The van der Waals surface area contributed by atoms with E-state index in [-0.39, 0.29) is 4.90 Å². The lowest BCUT2D eigenvalue weighted by Crippen LogP contribution is -2.13. The van der Waals surface area contributed by atoms with Crippen molar-refractivity contribution in [1.82, 2.24) is 4.98 Å². The molecular weight excluding hydrogens is 335 g/mol. The molecule has 0 bridgehead atoms. The van der Waals surface area contributed by atoms with Gasteiger partial charge in [-0.1, -0.05) is 12.1 Å². The van der Waals surface area contributed by atoms with Gasteiger partial charge in [-0.15, -0.1) is 0 Å². The minimum atomic E-state index is -3.70. The van der Waals surface area contributed by atoms with Gasteiger partial charge in [0.2, 0.25) is 0 Å². The number of hydrogen-bond donors (Lipinski definition) is 1. The average molecular weight is 345 g/mol. The molecule has 0 amide bonds. The van der Waals surface area contributed by atoms with Gasteiger partial charge in [0, 0.05) is 6.20 Å². The number of nitrogens with zero attached hydrogens (tertiary/aromatic N) is 1. The van der Waals surface area contributed by atoms with Crippen LogP contribution in [-0.2, 0) is 16.7 Å². The molecule has 1 aromatic heterocycles. The molecule has 0 aliphatic heterocycles. The molecule has 0 fully saturated rings. The predicted octanol–water partition coefficient (Wildman–Crippen LogP) is 3.11. The van der Waals surface area contributed by atoms with Gasteiger partial charge >= 0.3 is 0 Å². The molecule has 0 spiro atoms. The van der Waals surface area contributed by atoms with Crippen molar-refractivity contribution in [2.45, 2.75) is 11.6 Å². The van der Waals surface area contributed by atoms with Crippen LogP contribution >= 0.6 is 15.9 Å². The number of nitrogens with one attached hydrogen (secondary N) is 1. The summed E-state index contributed by atoms with van der Waals surface area (Å²) in [5.74, 6) is 0. The lowest BCUT2D eigenvalue weighted by Gasteiger charge is -2.09. The number of alkyl halides is 1. The molecule has 0 saturated heterocycles. The number of anilines is 1. The fourth-order valence-corrected chi connectivity index (χ4v) is 2.97. The van der Waals surface area contributed by atoms with E-state index in [0.29, 0.717) is 15.9 Å². The minimum absolute atomic E-state index is 0.0699. The van der Waals surface area contributed by atoms with Crippen LogP contribution in [0.1, 0.15) is 5.56 Å². The van der Waals surface area contributed by atoms with Crippen LogP contribution in [0, 0.1) is 0 Å². The van der Waals surface area contributed by atoms with Crippen molar-refractivity contribution < 1.29 is 12.8 Å². The molecule has 1 aromatic carbocycles. The van der Waals surface area contributed by atoms with Crippen molar-refractivity contribution in [2.75, 3.05) is 4.72 Å². The second-order valence-corrected chi connectivity index (χ2v) is 6.16. The van der Waals surface area contributed by atoms with Gasteiger partial charge in [0.25, 0.3) is 10.0 Å². The molecule has 4 nitrogen and oxygen atoms in total. The molecule has 0 aliphatic rings. The van der Waals surface area contributed by atoms with Crippen molar-refractivity contribution in [3.8, 4) is 0 Å². The third-order valence-corrected chi connectivity index (χ3v) is 4.40. The first kappa shape index (κ1) is 14.0. The molecule has 0 aliphatic carbocycles. The smallest absolute Gasteiger partial charge is 0.261 e. The fourth-order valence-electron chi connectivity index (χ4n) is 1.42. The summed E-state index contributed by atoms with van der Waals surface area (Å²) in [7, 11) is -3.70. The summed E-state index contributed by atoms with van der Waals surface area (Å²) >= 11 is 3.16. The second kappa shape index (κ2) is 5.66. The summed E-state index contributed by atoms with van der Waals surface area (Å²) in [6, 6.07) is 8.81. The lowest BCUT2D eigenvalue weighted by atomic mass is 10.2. The molecular formula is C12H10BrFN2O2S. The van der Waals surface area contributed by atoms with Crippen LogP contribution in [0.25, 0.3) is 0 Å². The molecule has 2 rings (SSSR count). The van der Waals surface area contributed by atoms with Gasteiger partial charge in [0.05, 0.1) is 10.6 Å². The Morgan fingerprint density at radius 3 is 2.47 bits per heavy atom. The van der Waals surface area contributed by atoms with E-state index in [0.717, 1.165) is 0 Å². The highest BCUT2D eigenvalue weighted by Gasteiger charge is 2.15. The van der Waals surface area contributed by atoms with Gasteiger partial charge in [-0.2, -0.15) is 0 Å². The summed E-state index contributed by atoms with van der Waals surface area (Å²) < 4.78 is 39.4. The van der Waals surface area contributed by atoms with Gasteiger partial charge in [0.15, 0.2) is 0 Å². The Kier molecular flexibility index (Phi) is 4.16. The molecule has 0 saturated carbocycles. The average Bonchev–Trinajstić information content (AvgIpc) is 2.41. The van der Waals surface area contributed by atoms with Crippen LogP contribution in [0.3, 0.4) is 0 Å². The van der Waals surface area contributed by atoms with Crippen LogP contribution < -0.4 is 4.72 Å². The lowest BCUT2D eigenvalue weighted by molar-refractivity contribution is 0.485. The zero-order valence-corrected chi connectivity index (χ0v) is 12.1. The van der Waals surface area contributed by atoms with E-state index in [1.165, 1.54) is 30.5 Å². The molecule has 100 valence electrons. The highest BCUT2D eigenvalue weighted by Crippen LogP contribution is 2.22. The molecule has 1 heterocycles. The molecule has 1 N–H and O–H groups in total. The van der Waals surface area contributed by atoms with Gasteiger partial charge in [0.1, 0.15) is 11.3 Å². The molecule has 0 radical (unpaired) electrons. The predicted molar refractivity (Wildman–Crippen MR) is 74.0 cm³/mol. The Bertz CT molecular complexity index is 674. The van der Waals surface area contributed by atoms with Crippen LogP contribution in [0.4, 0.5) is 10.1 Å². The number of aromatic nitrogens is 1. The standard InChI is InChI=1S/C12H10BrFN2O2S/c13-12-11(2-1-7-15-12)16-19(17,18)10-5-3-9(8-14)4-6-10/h1-7,16H,8H2. The third kappa shape index (κ3) is 3.30. The number of pyridine rings is 1. The van der Waals surface area contributed by atoms with Crippen molar-refractivity contribution in [3.05, 3.63) is 52.8 Å². The molecule has 2 aromatic rings. The summed E-state index contributed by atoms with van der Waals surface area (Å²) in [5, 5.41) is 0. The largest absolute Gasteiger partial charge is 0.277 e. The first-order chi connectivity index (χ1) is 9.03. The molecule has 7 heteroatoms. The highest BCUT2D eigenvalue weighted by atomic mass is 79.9. The summed E-state index contributed by atoms with van der Waals surface area (Å²) in [6.45, 7) is -0.623. The zero-order chi connectivity index (χ0) is 13.9. The molecule has 19 heavy (non-hydrogen) atoms. The molecule has 0 atom stereocenters. The van der Waals surface area contributed by atoms with E-state index < -0.39 is 16.7 Å². The summed E-state index contributed by atoms with van der Waals surface area (Å²) in [6.07, 6.45) is 1.54. The van der Waals surface area contributed by atoms with Crippen molar-refractivity contribution in [2.24, 2.45) is 0 Å². The Morgan fingerprint density at radius 2 is 1.89 bits per heavy atom. The Balaban J connectivity index is 2.30. The van der Waals surface area contributed by atoms with E-state index in [1.54, 1.807) is 12.1 Å². The third-order valence-electron chi connectivity index (χ3n) is 2.39. The number of rotatable bonds is 4. The number of halogens is 2. The van der Waals surface area contributed by atoms with Crippen LogP contribution in [-0.4, -0.2) is 13.4 Å².